The van der Waals surface area contributed by atoms with Crippen molar-refractivity contribution in [3.8, 4) is 0 Å². The van der Waals surface area contributed by atoms with E-state index in [-0.39, 0.29) is 17.7 Å². The highest BCUT2D eigenvalue weighted by atomic mass is 32.2. The molecule has 1 aromatic heterocycles. The summed E-state index contributed by atoms with van der Waals surface area (Å²) in [6, 6.07) is 13.9. The van der Waals surface area contributed by atoms with Gasteiger partial charge in [-0.1, -0.05) is 37.3 Å². The second-order valence-corrected chi connectivity index (χ2v) is 9.96. The zero-order valence-corrected chi connectivity index (χ0v) is 18.9. The van der Waals surface area contributed by atoms with Crippen LogP contribution in [0.15, 0.2) is 54.9 Å². The molecule has 1 unspecified atom stereocenters. The van der Waals surface area contributed by atoms with Crippen molar-refractivity contribution in [3.63, 3.8) is 0 Å². The molecule has 3 rings (SSSR count). The van der Waals surface area contributed by atoms with Crippen molar-refractivity contribution in [3.05, 3.63) is 66.0 Å². The third-order valence-electron chi connectivity index (χ3n) is 5.53. The van der Waals surface area contributed by atoms with Crippen molar-refractivity contribution in [2.75, 3.05) is 31.9 Å². The number of rotatable bonds is 6. The number of sulfonamides is 1. The molecule has 0 radical (unpaired) electrons. The van der Waals surface area contributed by atoms with Crippen LogP contribution in [-0.4, -0.2) is 60.4 Å². The highest BCUT2D eigenvalue weighted by Crippen LogP contribution is 2.27. The zero-order valence-electron chi connectivity index (χ0n) is 18.1. The number of aromatic nitrogens is 1. The Kier molecular flexibility index (Phi) is 8.57. The number of amides is 1. The van der Waals surface area contributed by atoms with Crippen LogP contribution in [0.2, 0.25) is 0 Å². The van der Waals surface area contributed by atoms with Crippen molar-refractivity contribution >= 4 is 15.9 Å². The minimum atomic E-state index is -3.32. The van der Waals surface area contributed by atoms with E-state index >= 15 is 0 Å². The van der Waals surface area contributed by atoms with Crippen LogP contribution in [0.4, 0.5) is 0 Å². The summed E-state index contributed by atoms with van der Waals surface area (Å²) in [4.78, 5) is 19.1. The number of pyridine rings is 1. The number of hydrogen-bond donors (Lipinski definition) is 1. The third-order valence-corrected chi connectivity index (χ3v) is 7.61. The van der Waals surface area contributed by atoms with Gasteiger partial charge < -0.3 is 5.32 Å². The Morgan fingerprint density at radius 3 is 2.52 bits per heavy atom. The Morgan fingerprint density at radius 1 is 1.06 bits per heavy atom. The molecular weight excluding hydrogens is 412 g/mol. The molecule has 1 aliphatic rings. The van der Waals surface area contributed by atoms with Crippen LogP contribution >= 0.6 is 0 Å². The molecule has 1 atom stereocenters. The van der Waals surface area contributed by atoms with Crippen molar-refractivity contribution in [1.29, 1.82) is 0 Å². The Morgan fingerprint density at radius 2 is 1.81 bits per heavy atom. The van der Waals surface area contributed by atoms with Crippen LogP contribution in [0.3, 0.4) is 0 Å². The van der Waals surface area contributed by atoms with Crippen LogP contribution in [0.5, 0.6) is 0 Å². The summed E-state index contributed by atoms with van der Waals surface area (Å²) in [6.07, 6.45) is 5.15. The fraction of sp³-hybridized carbons (Fsp3) is 0.478. The minimum absolute atomic E-state index is 0.0664. The van der Waals surface area contributed by atoms with E-state index in [9.17, 15) is 13.2 Å². The molecule has 2 aromatic rings. The summed E-state index contributed by atoms with van der Waals surface area (Å²) in [6.45, 7) is 4.31. The SMILES string of the molecule is CCCS(=O)(=O)N1CCCN(Cc2ccncc2)C(c2ccccc2)CC(=O)NCC1. The van der Waals surface area contributed by atoms with Crippen molar-refractivity contribution < 1.29 is 13.2 Å². The average Bonchev–Trinajstić information content (AvgIpc) is 2.80. The van der Waals surface area contributed by atoms with Gasteiger partial charge in [-0.3, -0.25) is 14.7 Å². The predicted octanol–water partition coefficient (Wildman–Crippen LogP) is 2.58. The van der Waals surface area contributed by atoms with Crippen LogP contribution in [0.1, 0.15) is 43.4 Å². The lowest BCUT2D eigenvalue weighted by Gasteiger charge is -2.32. The molecule has 1 saturated heterocycles. The van der Waals surface area contributed by atoms with Gasteiger partial charge in [-0.05, 0) is 36.1 Å². The largest absolute Gasteiger partial charge is 0.355 e. The van der Waals surface area contributed by atoms with Gasteiger partial charge >= 0.3 is 0 Å². The summed E-state index contributed by atoms with van der Waals surface area (Å²) in [5.74, 6) is 0.0669. The first-order valence-corrected chi connectivity index (χ1v) is 12.5. The van der Waals surface area contributed by atoms with E-state index in [0.29, 0.717) is 52.0 Å². The molecule has 31 heavy (non-hydrogen) atoms. The Labute approximate surface area is 185 Å². The maximum absolute atomic E-state index is 12.8. The van der Waals surface area contributed by atoms with Gasteiger partial charge in [0, 0.05) is 57.6 Å². The summed E-state index contributed by atoms with van der Waals surface area (Å²) >= 11 is 0. The molecule has 0 spiro atoms. The smallest absolute Gasteiger partial charge is 0.221 e. The van der Waals surface area contributed by atoms with E-state index in [1.54, 1.807) is 12.4 Å². The quantitative estimate of drug-likeness (QED) is 0.741. The number of benzene rings is 1. The summed E-state index contributed by atoms with van der Waals surface area (Å²) in [7, 11) is -3.32. The molecule has 168 valence electrons. The molecule has 0 saturated carbocycles. The number of nitrogens with one attached hydrogen (secondary N) is 1. The fourth-order valence-electron chi connectivity index (χ4n) is 4.00. The topological polar surface area (TPSA) is 82.6 Å². The van der Waals surface area contributed by atoms with E-state index in [2.05, 4.69) is 27.3 Å². The van der Waals surface area contributed by atoms with E-state index in [4.69, 9.17) is 0 Å². The maximum Gasteiger partial charge on any atom is 0.221 e. The van der Waals surface area contributed by atoms with Gasteiger partial charge in [-0.15, -0.1) is 0 Å². The lowest BCUT2D eigenvalue weighted by molar-refractivity contribution is -0.122. The summed E-state index contributed by atoms with van der Waals surface area (Å²) in [5.41, 5.74) is 2.20. The molecule has 2 heterocycles. The van der Waals surface area contributed by atoms with Gasteiger partial charge in [0.1, 0.15) is 0 Å². The lowest BCUT2D eigenvalue weighted by Crippen LogP contribution is -2.40. The van der Waals surface area contributed by atoms with Gasteiger partial charge in [0.25, 0.3) is 0 Å². The molecule has 1 amide bonds. The van der Waals surface area contributed by atoms with E-state index in [0.717, 1.165) is 11.1 Å². The number of carbonyl (C=O) groups excluding carboxylic acids is 1. The van der Waals surface area contributed by atoms with Crippen molar-refractivity contribution in [1.82, 2.24) is 19.5 Å². The minimum Gasteiger partial charge on any atom is -0.355 e. The number of hydrogen-bond acceptors (Lipinski definition) is 5. The standard InChI is InChI=1S/C23H32N4O3S/c1-2-17-31(29,30)27-15-6-14-26(19-20-9-11-24-12-10-20)22(18-23(28)25-13-16-27)21-7-4-3-5-8-21/h3-5,7-12,22H,2,6,13-19H2,1H3,(H,25,28). The second kappa shape index (κ2) is 11.4. The third kappa shape index (κ3) is 6.85. The van der Waals surface area contributed by atoms with Crippen molar-refractivity contribution in [2.45, 2.75) is 38.8 Å². The molecule has 7 nitrogen and oxygen atoms in total. The first-order valence-electron chi connectivity index (χ1n) is 10.9. The van der Waals surface area contributed by atoms with Gasteiger partial charge in [0.2, 0.25) is 15.9 Å². The molecule has 1 fully saturated rings. The van der Waals surface area contributed by atoms with Crippen LogP contribution < -0.4 is 5.32 Å². The molecule has 0 aliphatic carbocycles. The molecular formula is C23H32N4O3S. The summed E-state index contributed by atoms with van der Waals surface area (Å²) < 4.78 is 26.9. The molecule has 0 bridgehead atoms. The first-order chi connectivity index (χ1) is 15.0. The maximum atomic E-state index is 12.8. The van der Waals surface area contributed by atoms with E-state index in [1.807, 2.05) is 37.3 Å². The lowest BCUT2D eigenvalue weighted by atomic mass is 10.0. The van der Waals surface area contributed by atoms with E-state index in [1.165, 1.54) is 4.31 Å². The molecule has 1 N–H and O–H groups in total. The highest BCUT2D eigenvalue weighted by Gasteiger charge is 2.27. The van der Waals surface area contributed by atoms with Crippen LogP contribution in [0.25, 0.3) is 0 Å². The zero-order chi connectivity index (χ0) is 22.1. The Hall–Kier alpha value is -2.29. The van der Waals surface area contributed by atoms with Crippen LogP contribution in [-0.2, 0) is 21.4 Å². The number of carbonyl (C=O) groups is 1. The van der Waals surface area contributed by atoms with Crippen LogP contribution in [0, 0.1) is 0 Å². The van der Waals surface area contributed by atoms with Gasteiger partial charge in [-0.2, -0.15) is 0 Å². The van der Waals surface area contributed by atoms with Gasteiger partial charge in [0.05, 0.1) is 5.75 Å². The number of nitrogens with zero attached hydrogens (tertiary/aromatic N) is 3. The predicted molar refractivity (Wildman–Crippen MR) is 122 cm³/mol. The normalized spacial score (nSPS) is 20.0. The van der Waals surface area contributed by atoms with Gasteiger partial charge in [-0.25, -0.2) is 12.7 Å². The molecule has 1 aliphatic heterocycles. The average molecular weight is 445 g/mol. The van der Waals surface area contributed by atoms with Gasteiger partial charge in [0.15, 0.2) is 0 Å². The van der Waals surface area contributed by atoms with Crippen molar-refractivity contribution in [2.24, 2.45) is 0 Å². The molecule has 1 aromatic carbocycles. The highest BCUT2D eigenvalue weighted by molar-refractivity contribution is 7.89. The van der Waals surface area contributed by atoms with E-state index < -0.39 is 10.0 Å². The monoisotopic (exact) mass is 444 g/mol. The molecule has 8 heteroatoms. The fourth-order valence-corrected chi connectivity index (χ4v) is 5.55. The first kappa shape index (κ1) is 23.4. The Balaban J connectivity index is 1.87. The summed E-state index contributed by atoms with van der Waals surface area (Å²) in [5, 5.41) is 2.93. The Bertz CT molecular complexity index is 922. The second-order valence-electron chi connectivity index (χ2n) is 7.88.